The van der Waals surface area contributed by atoms with Gasteiger partial charge in [0.05, 0.1) is 10.5 Å². The highest BCUT2D eigenvalue weighted by molar-refractivity contribution is 9.10. The summed E-state index contributed by atoms with van der Waals surface area (Å²) in [5.74, 6) is -0.0994. The lowest BCUT2D eigenvalue weighted by molar-refractivity contribution is 0.103. The number of fused-ring (bicyclic) bond motifs is 1. The van der Waals surface area contributed by atoms with E-state index in [4.69, 9.17) is 17.3 Å². The maximum absolute atomic E-state index is 12.7. The van der Waals surface area contributed by atoms with E-state index in [-0.39, 0.29) is 5.78 Å². The molecule has 0 saturated heterocycles. The summed E-state index contributed by atoms with van der Waals surface area (Å²) < 4.78 is 0.716. The number of carbonyl (C=O) groups excluding carboxylic acids is 1. The zero-order valence-electron chi connectivity index (χ0n) is 10.3. The summed E-state index contributed by atoms with van der Waals surface area (Å²) in [4.78, 5) is 15.7. The van der Waals surface area contributed by atoms with Gasteiger partial charge in [0, 0.05) is 32.9 Å². The van der Waals surface area contributed by atoms with E-state index >= 15 is 0 Å². The lowest BCUT2D eigenvalue weighted by Gasteiger charge is -2.04. The maximum atomic E-state index is 12.7. The van der Waals surface area contributed by atoms with Crippen LogP contribution in [0.5, 0.6) is 0 Å². The molecule has 3 nitrogen and oxygen atoms in total. The molecule has 2 aromatic carbocycles. The quantitative estimate of drug-likeness (QED) is 0.532. The summed E-state index contributed by atoms with van der Waals surface area (Å²) in [5.41, 5.74) is 8.18. The zero-order valence-corrected chi connectivity index (χ0v) is 12.6. The number of nitrogens with one attached hydrogen (secondary N) is 1. The van der Waals surface area contributed by atoms with Gasteiger partial charge in [-0.2, -0.15) is 0 Å². The number of hydrogen-bond donors (Lipinski definition) is 2. The van der Waals surface area contributed by atoms with Crippen molar-refractivity contribution in [2.75, 3.05) is 5.73 Å². The fourth-order valence-corrected chi connectivity index (χ4v) is 2.82. The SMILES string of the molecule is Nc1ccc(Br)c(C(=O)c2c[nH]c3c(Cl)cccc23)c1. The highest BCUT2D eigenvalue weighted by Crippen LogP contribution is 2.29. The first kappa shape index (κ1) is 13.2. The number of rotatable bonds is 2. The van der Waals surface area contributed by atoms with Crippen LogP contribution in [0.15, 0.2) is 47.1 Å². The number of para-hydroxylation sites is 1. The van der Waals surface area contributed by atoms with Crippen molar-refractivity contribution in [1.82, 2.24) is 4.98 Å². The summed E-state index contributed by atoms with van der Waals surface area (Å²) in [6.07, 6.45) is 1.68. The Hall–Kier alpha value is -1.78. The monoisotopic (exact) mass is 348 g/mol. The molecule has 0 bridgehead atoms. The highest BCUT2D eigenvalue weighted by Gasteiger charge is 2.17. The Kier molecular flexibility index (Phi) is 3.28. The van der Waals surface area contributed by atoms with Crippen molar-refractivity contribution in [3.63, 3.8) is 0 Å². The average Bonchev–Trinajstić information content (AvgIpc) is 2.86. The second-order valence-electron chi connectivity index (χ2n) is 4.43. The fourth-order valence-electron chi connectivity index (χ4n) is 2.17. The minimum absolute atomic E-state index is 0.0994. The van der Waals surface area contributed by atoms with Crippen molar-refractivity contribution in [3.8, 4) is 0 Å². The van der Waals surface area contributed by atoms with E-state index in [9.17, 15) is 4.79 Å². The van der Waals surface area contributed by atoms with Gasteiger partial charge in [-0.05, 0) is 24.3 Å². The summed E-state index contributed by atoms with van der Waals surface area (Å²) in [5, 5.41) is 1.39. The van der Waals surface area contributed by atoms with Crippen LogP contribution in [0.3, 0.4) is 0 Å². The van der Waals surface area contributed by atoms with Crippen LogP contribution in [-0.4, -0.2) is 10.8 Å². The summed E-state index contributed by atoms with van der Waals surface area (Å²) in [7, 11) is 0. The summed E-state index contributed by atoms with van der Waals surface area (Å²) in [6, 6.07) is 10.6. The van der Waals surface area contributed by atoms with Crippen LogP contribution in [-0.2, 0) is 0 Å². The lowest BCUT2D eigenvalue weighted by atomic mass is 10.0. The van der Waals surface area contributed by atoms with Gasteiger partial charge in [0.15, 0.2) is 5.78 Å². The lowest BCUT2D eigenvalue weighted by Crippen LogP contribution is -2.02. The molecule has 0 saturated carbocycles. The molecule has 3 aromatic rings. The molecule has 0 unspecified atom stereocenters. The number of ketones is 1. The minimum Gasteiger partial charge on any atom is -0.399 e. The van der Waals surface area contributed by atoms with Gasteiger partial charge in [-0.1, -0.05) is 39.7 Å². The number of anilines is 1. The Bertz CT molecular complexity index is 826. The Morgan fingerprint density at radius 3 is 2.80 bits per heavy atom. The molecule has 1 aromatic heterocycles. The molecule has 0 fully saturated rings. The van der Waals surface area contributed by atoms with E-state index in [0.717, 1.165) is 10.9 Å². The topological polar surface area (TPSA) is 58.9 Å². The van der Waals surface area contributed by atoms with E-state index in [1.807, 2.05) is 12.1 Å². The average molecular weight is 350 g/mol. The smallest absolute Gasteiger partial charge is 0.196 e. The van der Waals surface area contributed by atoms with Gasteiger partial charge in [0.2, 0.25) is 0 Å². The molecule has 100 valence electrons. The molecule has 0 atom stereocenters. The van der Waals surface area contributed by atoms with E-state index < -0.39 is 0 Å². The van der Waals surface area contributed by atoms with Gasteiger partial charge < -0.3 is 10.7 Å². The number of benzene rings is 2. The molecule has 0 aliphatic heterocycles. The van der Waals surface area contributed by atoms with E-state index in [2.05, 4.69) is 20.9 Å². The van der Waals surface area contributed by atoms with Crippen LogP contribution in [0.4, 0.5) is 5.69 Å². The molecule has 0 aliphatic rings. The van der Waals surface area contributed by atoms with E-state index in [0.29, 0.717) is 26.3 Å². The first-order chi connectivity index (χ1) is 9.58. The Balaban J connectivity index is 2.18. The number of halogens is 2. The zero-order chi connectivity index (χ0) is 14.3. The van der Waals surface area contributed by atoms with Gasteiger partial charge in [0.1, 0.15) is 0 Å². The van der Waals surface area contributed by atoms with Gasteiger partial charge in [0.25, 0.3) is 0 Å². The predicted octanol–water partition coefficient (Wildman–Crippen LogP) is 4.40. The van der Waals surface area contributed by atoms with E-state index in [1.165, 1.54) is 0 Å². The second-order valence-corrected chi connectivity index (χ2v) is 5.69. The van der Waals surface area contributed by atoms with Crippen molar-refractivity contribution >= 4 is 49.9 Å². The Morgan fingerprint density at radius 1 is 1.20 bits per heavy atom. The maximum Gasteiger partial charge on any atom is 0.196 e. The number of carbonyl (C=O) groups is 1. The molecule has 0 amide bonds. The summed E-state index contributed by atoms with van der Waals surface area (Å²) >= 11 is 9.49. The van der Waals surface area contributed by atoms with Crippen molar-refractivity contribution in [3.05, 3.63) is 63.2 Å². The molecule has 0 aliphatic carbocycles. The fraction of sp³-hybridized carbons (Fsp3) is 0. The highest BCUT2D eigenvalue weighted by atomic mass is 79.9. The number of hydrogen-bond acceptors (Lipinski definition) is 2. The molecule has 0 spiro atoms. The van der Waals surface area contributed by atoms with Crippen molar-refractivity contribution in [1.29, 1.82) is 0 Å². The third-order valence-electron chi connectivity index (χ3n) is 3.14. The van der Waals surface area contributed by atoms with Crippen LogP contribution in [0.2, 0.25) is 5.02 Å². The van der Waals surface area contributed by atoms with Crippen LogP contribution < -0.4 is 5.73 Å². The molecular formula is C15H10BrClN2O. The Labute approximate surface area is 128 Å². The molecular weight excluding hydrogens is 340 g/mol. The molecule has 3 rings (SSSR count). The predicted molar refractivity (Wildman–Crippen MR) is 85.3 cm³/mol. The van der Waals surface area contributed by atoms with Gasteiger partial charge >= 0.3 is 0 Å². The van der Waals surface area contributed by atoms with Crippen molar-refractivity contribution in [2.45, 2.75) is 0 Å². The van der Waals surface area contributed by atoms with Gasteiger partial charge in [-0.15, -0.1) is 0 Å². The normalized spacial score (nSPS) is 10.9. The van der Waals surface area contributed by atoms with Crippen molar-refractivity contribution < 1.29 is 4.79 Å². The van der Waals surface area contributed by atoms with Crippen LogP contribution in [0.1, 0.15) is 15.9 Å². The molecule has 5 heteroatoms. The largest absolute Gasteiger partial charge is 0.399 e. The molecule has 0 radical (unpaired) electrons. The number of aromatic nitrogens is 1. The first-order valence-corrected chi connectivity index (χ1v) is 7.10. The van der Waals surface area contributed by atoms with Crippen LogP contribution in [0.25, 0.3) is 10.9 Å². The van der Waals surface area contributed by atoms with E-state index in [1.54, 1.807) is 30.5 Å². The first-order valence-electron chi connectivity index (χ1n) is 5.93. The van der Waals surface area contributed by atoms with Gasteiger partial charge in [-0.25, -0.2) is 0 Å². The second kappa shape index (κ2) is 4.96. The molecule has 3 N–H and O–H groups in total. The Morgan fingerprint density at radius 2 is 2.00 bits per heavy atom. The summed E-state index contributed by atoms with van der Waals surface area (Å²) in [6.45, 7) is 0. The number of aromatic amines is 1. The third-order valence-corrected chi connectivity index (χ3v) is 4.15. The standard InChI is InChI=1S/C15H10BrClN2O/c16-12-5-4-8(18)6-10(12)15(20)11-7-19-14-9(11)2-1-3-13(14)17/h1-7,19H,18H2. The number of H-pyrrole nitrogens is 1. The van der Waals surface area contributed by atoms with Gasteiger partial charge in [-0.3, -0.25) is 4.79 Å². The molecule has 1 heterocycles. The van der Waals surface area contributed by atoms with Crippen LogP contribution in [0, 0.1) is 0 Å². The minimum atomic E-state index is -0.0994. The van der Waals surface area contributed by atoms with Crippen LogP contribution >= 0.6 is 27.5 Å². The van der Waals surface area contributed by atoms with Crippen molar-refractivity contribution in [2.24, 2.45) is 0 Å². The third kappa shape index (κ3) is 2.11. The number of nitrogen functional groups attached to an aromatic ring is 1. The molecule has 20 heavy (non-hydrogen) atoms. The number of nitrogens with two attached hydrogens (primary N) is 1.